The van der Waals surface area contributed by atoms with Crippen LogP contribution in [-0.2, 0) is 0 Å². The van der Waals surface area contributed by atoms with Gasteiger partial charge in [0.1, 0.15) is 5.52 Å². The smallest absolute Gasteiger partial charge is 0.165 e. The van der Waals surface area contributed by atoms with E-state index in [1.54, 1.807) is 0 Å². The molecule has 0 saturated carbocycles. The minimum Gasteiger partial charge on any atom is -0.293 e. The molecule has 0 radical (unpaired) electrons. The van der Waals surface area contributed by atoms with Crippen LogP contribution in [0.5, 0.6) is 0 Å². The molecule has 10 aromatic carbocycles. The van der Waals surface area contributed by atoms with Crippen LogP contribution in [0.15, 0.2) is 200 Å². The van der Waals surface area contributed by atoms with E-state index >= 15 is 0 Å². The van der Waals surface area contributed by atoms with E-state index in [-0.39, 0.29) is 0 Å². The minimum absolute atomic E-state index is 0.857. The lowest BCUT2D eigenvalue weighted by Gasteiger charge is -2.20. The van der Waals surface area contributed by atoms with Gasteiger partial charge in [-0.25, -0.2) is 9.97 Å². The topological polar surface area (TPSA) is 30.7 Å². The third-order valence-electron chi connectivity index (χ3n) is 11.7. The van der Waals surface area contributed by atoms with Crippen LogP contribution in [0.1, 0.15) is 0 Å². The molecule has 0 aliphatic carbocycles. The molecule has 12 aromatic rings. The number of benzene rings is 10. The number of hydrogen-bond acceptors (Lipinski definition) is 2. The predicted molar refractivity (Wildman–Crippen MR) is 240 cm³/mol. The summed E-state index contributed by atoms with van der Waals surface area (Å²) in [4.78, 5) is 10.4. The fourth-order valence-electron chi connectivity index (χ4n) is 9.13. The van der Waals surface area contributed by atoms with Crippen LogP contribution in [0.25, 0.3) is 115 Å². The first kappa shape index (κ1) is 31.7. The predicted octanol–water partition coefficient (Wildman–Crippen LogP) is 14.3. The quantitative estimate of drug-likeness (QED) is 0.169. The van der Waals surface area contributed by atoms with Crippen molar-refractivity contribution in [2.24, 2.45) is 0 Å². The zero-order valence-electron chi connectivity index (χ0n) is 30.9. The summed E-state index contributed by atoms with van der Waals surface area (Å²) in [7, 11) is 0. The zero-order chi connectivity index (χ0) is 37.5. The van der Waals surface area contributed by atoms with Crippen molar-refractivity contribution in [3.05, 3.63) is 200 Å². The molecule has 3 heteroatoms. The Morgan fingerprint density at radius 1 is 0.333 bits per heavy atom. The molecule has 0 bridgehead atoms. The SMILES string of the molecule is c1ccc(-n2c3ccc(-c4ccc5c(-c6cccc7ccccc67)c6ccccc6c(-c6ccc7ccccc7c6)c5c4)cc3c3nc4ccccc4nc32)cc1. The Kier molecular flexibility index (Phi) is 6.93. The highest BCUT2D eigenvalue weighted by Crippen LogP contribution is 2.47. The maximum absolute atomic E-state index is 5.24. The lowest BCUT2D eigenvalue weighted by molar-refractivity contribution is 1.14. The Morgan fingerprint density at radius 3 is 1.75 bits per heavy atom. The summed E-state index contributed by atoms with van der Waals surface area (Å²) in [6.07, 6.45) is 0. The molecular weight excluding hydrogens is 691 g/mol. The molecule has 2 aromatic heterocycles. The highest BCUT2D eigenvalue weighted by molar-refractivity contribution is 6.24. The van der Waals surface area contributed by atoms with Crippen LogP contribution in [0.4, 0.5) is 0 Å². The van der Waals surface area contributed by atoms with Gasteiger partial charge in [0.25, 0.3) is 0 Å². The molecule has 0 aliphatic rings. The van der Waals surface area contributed by atoms with Gasteiger partial charge in [-0.2, -0.15) is 0 Å². The van der Waals surface area contributed by atoms with Crippen LogP contribution in [-0.4, -0.2) is 14.5 Å². The van der Waals surface area contributed by atoms with Crippen molar-refractivity contribution in [3.8, 4) is 39.1 Å². The molecule has 0 N–H and O–H groups in total. The minimum atomic E-state index is 0.857. The van der Waals surface area contributed by atoms with Crippen LogP contribution in [0.2, 0.25) is 0 Å². The van der Waals surface area contributed by atoms with E-state index in [0.29, 0.717) is 0 Å². The van der Waals surface area contributed by atoms with Crippen LogP contribution in [0, 0.1) is 0 Å². The largest absolute Gasteiger partial charge is 0.293 e. The molecule has 0 amide bonds. The molecule has 3 nitrogen and oxygen atoms in total. The third-order valence-corrected chi connectivity index (χ3v) is 11.7. The number of aromatic nitrogens is 3. The number of fused-ring (bicyclic) bond motifs is 8. The Bertz CT molecular complexity index is 3570. The molecule has 12 rings (SSSR count). The molecule has 0 saturated heterocycles. The number of nitrogens with zero attached hydrogens (tertiary/aromatic N) is 3. The summed E-state index contributed by atoms with van der Waals surface area (Å²) in [5, 5.41) is 11.0. The van der Waals surface area contributed by atoms with Gasteiger partial charge in [0.2, 0.25) is 0 Å². The molecule has 0 aliphatic heterocycles. The first-order valence-corrected chi connectivity index (χ1v) is 19.5. The monoisotopic (exact) mass is 723 g/mol. The lowest BCUT2D eigenvalue weighted by atomic mass is 9.83. The Labute approximate surface area is 328 Å². The number of para-hydroxylation sites is 3. The average molecular weight is 724 g/mol. The molecular formula is C54H33N3. The molecule has 57 heavy (non-hydrogen) atoms. The lowest BCUT2D eigenvalue weighted by Crippen LogP contribution is -1.96. The van der Waals surface area contributed by atoms with E-state index in [1.807, 2.05) is 24.3 Å². The van der Waals surface area contributed by atoms with Crippen LogP contribution < -0.4 is 0 Å². The van der Waals surface area contributed by atoms with Gasteiger partial charge >= 0.3 is 0 Å². The molecule has 0 atom stereocenters. The van der Waals surface area contributed by atoms with Crippen molar-refractivity contribution in [2.75, 3.05) is 0 Å². The summed E-state index contributed by atoms with van der Waals surface area (Å²) in [5.74, 6) is 0. The summed E-state index contributed by atoms with van der Waals surface area (Å²) in [5.41, 5.74) is 12.9. The molecule has 264 valence electrons. The van der Waals surface area contributed by atoms with Crippen molar-refractivity contribution in [1.29, 1.82) is 0 Å². The van der Waals surface area contributed by atoms with E-state index in [4.69, 9.17) is 9.97 Å². The normalized spacial score (nSPS) is 11.9. The van der Waals surface area contributed by atoms with Crippen molar-refractivity contribution < 1.29 is 0 Å². The maximum Gasteiger partial charge on any atom is 0.165 e. The van der Waals surface area contributed by atoms with Gasteiger partial charge in [-0.05, 0) is 125 Å². The highest BCUT2D eigenvalue weighted by Gasteiger charge is 2.21. The summed E-state index contributed by atoms with van der Waals surface area (Å²) in [6, 6.07) is 72.4. The fourth-order valence-corrected chi connectivity index (χ4v) is 9.13. The third kappa shape index (κ3) is 4.92. The summed E-state index contributed by atoms with van der Waals surface area (Å²) in [6.45, 7) is 0. The average Bonchev–Trinajstić information content (AvgIpc) is 3.59. The molecule has 0 unspecified atom stereocenters. The second kappa shape index (κ2) is 12.5. The standard InChI is InChI=1S/C54H33N3/c1-2-17-40(18-3-1)57-50-30-28-38(33-47(50)53-54(57)56-49-24-11-10-23-48(49)55-53)37-27-29-45-46(32-37)51(39-26-25-34-13-4-5-15-36(34)31-39)43-20-8-9-21-44(43)52(45)42-22-12-16-35-14-6-7-19-41(35)42/h1-33H. The first-order valence-electron chi connectivity index (χ1n) is 19.5. The number of rotatable bonds is 4. The first-order chi connectivity index (χ1) is 28.3. The van der Waals surface area contributed by atoms with Gasteiger partial charge in [0.15, 0.2) is 5.65 Å². The van der Waals surface area contributed by atoms with Crippen molar-refractivity contribution in [3.63, 3.8) is 0 Å². The van der Waals surface area contributed by atoms with Crippen molar-refractivity contribution in [2.45, 2.75) is 0 Å². The van der Waals surface area contributed by atoms with Gasteiger partial charge in [-0.1, -0.05) is 152 Å². The highest BCUT2D eigenvalue weighted by atomic mass is 15.1. The van der Waals surface area contributed by atoms with Crippen LogP contribution in [0.3, 0.4) is 0 Å². The van der Waals surface area contributed by atoms with E-state index < -0.39 is 0 Å². The summed E-state index contributed by atoms with van der Waals surface area (Å²) >= 11 is 0. The Balaban J connectivity index is 1.17. The van der Waals surface area contributed by atoms with E-state index in [1.165, 1.54) is 65.3 Å². The Morgan fingerprint density at radius 2 is 0.930 bits per heavy atom. The number of hydrogen-bond donors (Lipinski definition) is 0. The van der Waals surface area contributed by atoms with Gasteiger partial charge < -0.3 is 0 Å². The van der Waals surface area contributed by atoms with Crippen LogP contribution >= 0.6 is 0 Å². The molecule has 0 spiro atoms. The van der Waals surface area contributed by atoms with Gasteiger partial charge in [0.05, 0.1) is 16.6 Å². The maximum atomic E-state index is 5.24. The van der Waals surface area contributed by atoms with Gasteiger partial charge in [0, 0.05) is 11.1 Å². The zero-order valence-corrected chi connectivity index (χ0v) is 30.9. The van der Waals surface area contributed by atoms with E-state index in [2.05, 4.69) is 180 Å². The van der Waals surface area contributed by atoms with Gasteiger partial charge in [-0.3, -0.25) is 4.57 Å². The molecule has 0 fully saturated rings. The van der Waals surface area contributed by atoms with Crippen molar-refractivity contribution in [1.82, 2.24) is 14.5 Å². The molecule has 2 heterocycles. The van der Waals surface area contributed by atoms with E-state index in [0.717, 1.165) is 49.9 Å². The van der Waals surface area contributed by atoms with Gasteiger partial charge in [-0.15, -0.1) is 0 Å². The summed E-state index contributed by atoms with van der Waals surface area (Å²) < 4.78 is 2.24. The second-order valence-electron chi connectivity index (χ2n) is 14.9. The van der Waals surface area contributed by atoms with Crippen molar-refractivity contribution >= 4 is 76.2 Å². The Hall–Kier alpha value is -7.62. The fraction of sp³-hybridized carbons (Fsp3) is 0. The van der Waals surface area contributed by atoms with E-state index in [9.17, 15) is 0 Å². The second-order valence-corrected chi connectivity index (χ2v) is 14.9.